The normalized spacial score (nSPS) is 16.8. The molecule has 0 bridgehead atoms. The number of halogens is 7. The maximum Gasteiger partial charge on any atom is 0.460 e. The van der Waals surface area contributed by atoms with Crippen LogP contribution in [0.15, 0.2) is 46.7 Å². The van der Waals surface area contributed by atoms with Gasteiger partial charge in [0, 0.05) is 35.1 Å². The van der Waals surface area contributed by atoms with Crippen LogP contribution in [0.4, 0.5) is 36.4 Å². The van der Waals surface area contributed by atoms with Crippen LogP contribution in [0, 0.1) is 0 Å². The van der Waals surface area contributed by atoms with Crippen molar-refractivity contribution in [2.45, 2.75) is 28.3 Å². The first-order valence-corrected chi connectivity index (χ1v) is 12.0. The number of hydrogen-bond acceptors (Lipinski definition) is 5. The number of thioether (sulfide) groups is 1. The SMILES string of the molecule is FC(F)(F)C(F)(F)C(F)(F)Sc1ccc(NC(=S)NC[C@H](c2cccs2)N2CCOCC2)cc1. The van der Waals surface area contributed by atoms with Crippen LogP contribution in [0.5, 0.6) is 0 Å². The Morgan fingerprint density at radius 1 is 1.06 bits per heavy atom. The number of thiocarbonyl (C=S) groups is 1. The van der Waals surface area contributed by atoms with Gasteiger partial charge in [-0.25, -0.2) is 0 Å². The van der Waals surface area contributed by atoms with Crippen LogP contribution in [0.25, 0.3) is 0 Å². The van der Waals surface area contributed by atoms with E-state index in [-0.39, 0.29) is 11.2 Å². The zero-order valence-corrected chi connectivity index (χ0v) is 19.8. The Balaban J connectivity index is 1.57. The van der Waals surface area contributed by atoms with E-state index in [4.69, 9.17) is 17.0 Å². The molecule has 1 aliphatic heterocycles. The van der Waals surface area contributed by atoms with Gasteiger partial charge in [0.25, 0.3) is 0 Å². The highest BCUT2D eigenvalue weighted by molar-refractivity contribution is 8.00. The molecular formula is C20H20F7N3OS3. The van der Waals surface area contributed by atoms with Crippen LogP contribution < -0.4 is 10.6 Å². The number of hydrogen-bond donors (Lipinski definition) is 2. The predicted octanol–water partition coefficient (Wildman–Crippen LogP) is 5.99. The van der Waals surface area contributed by atoms with E-state index in [9.17, 15) is 30.7 Å². The molecule has 4 nitrogen and oxygen atoms in total. The second kappa shape index (κ2) is 11.0. The summed E-state index contributed by atoms with van der Waals surface area (Å²) < 4.78 is 95.6. The van der Waals surface area contributed by atoms with Gasteiger partial charge >= 0.3 is 17.4 Å². The van der Waals surface area contributed by atoms with Crippen LogP contribution in [0.3, 0.4) is 0 Å². The second-order valence-electron chi connectivity index (χ2n) is 7.23. The molecule has 1 aliphatic rings. The molecule has 1 aromatic heterocycles. The van der Waals surface area contributed by atoms with E-state index < -0.39 is 34.0 Å². The van der Waals surface area contributed by atoms with Gasteiger partial charge in [0.1, 0.15) is 0 Å². The Hall–Kier alpha value is -1.61. The molecule has 1 atom stereocenters. The zero-order valence-electron chi connectivity index (χ0n) is 17.4. The lowest BCUT2D eigenvalue weighted by Gasteiger charge is -2.34. The van der Waals surface area contributed by atoms with E-state index in [1.807, 2.05) is 17.5 Å². The topological polar surface area (TPSA) is 36.5 Å². The fraction of sp³-hybridized carbons (Fsp3) is 0.450. The van der Waals surface area contributed by atoms with Crippen molar-refractivity contribution in [1.29, 1.82) is 0 Å². The van der Waals surface area contributed by atoms with Crippen molar-refractivity contribution in [3.8, 4) is 0 Å². The molecule has 0 spiro atoms. The van der Waals surface area contributed by atoms with Crippen LogP contribution in [-0.2, 0) is 4.74 Å². The molecule has 0 unspecified atom stereocenters. The number of nitrogens with one attached hydrogen (secondary N) is 2. The minimum Gasteiger partial charge on any atom is -0.379 e. The van der Waals surface area contributed by atoms with E-state index in [0.29, 0.717) is 25.4 Å². The van der Waals surface area contributed by atoms with Gasteiger partial charge in [-0.2, -0.15) is 30.7 Å². The summed E-state index contributed by atoms with van der Waals surface area (Å²) in [7, 11) is 0. The third-order valence-electron chi connectivity index (χ3n) is 4.89. The van der Waals surface area contributed by atoms with Gasteiger partial charge in [-0.1, -0.05) is 6.07 Å². The maximum absolute atomic E-state index is 13.6. The Labute approximate surface area is 204 Å². The number of nitrogens with zero attached hydrogens (tertiary/aromatic N) is 1. The molecular weight excluding hydrogens is 527 g/mol. The molecule has 0 aliphatic carbocycles. The van der Waals surface area contributed by atoms with Gasteiger partial charge in [-0.15, -0.1) is 11.3 Å². The number of alkyl halides is 7. The molecule has 0 radical (unpaired) electrons. The molecule has 34 heavy (non-hydrogen) atoms. The van der Waals surface area contributed by atoms with Crippen molar-refractivity contribution in [3.63, 3.8) is 0 Å². The molecule has 14 heteroatoms. The summed E-state index contributed by atoms with van der Waals surface area (Å²) in [4.78, 5) is 2.96. The molecule has 2 N–H and O–H groups in total. The number of ether oxygens (including phenoxy) is 1. The lowest BCUT2D eigenvalue weighted by molar-refractivity contribution is -0.330. The number of morpholine rings is 1. The minimum atomic E-state index is -6.37. The van der Waals surface area contributed by atoms with Crippen molar-refractivity contribution >= 4 is 46.1 Å². The van der Waals surface area contributed by atoms with Gasteiger partial charge in [-0.05, 0) is 59.7 Å². The summed E-state index contributed by atoms with van der Waals surface area (Å²) >= 11 is 6.04. The molecule has 0 saturated carbocycles. The standard InChI is InChI=1S/C20H20F7N3OS3/c21-18(22,19(23,24)25)20(26,27)34-14-5-3-13(4-6-14)29-17(32)28-12-15(16-2-1-11-33-16)30-7-9-31-10-8-30/h1-6,11,15H,7-10,12H2,(H2,28,29,32)/t15-/m1/s1. The fourth-order valence-electron chi connectivity index (χ4n) is 3.13. The van der Waals surface area contributed by atoms with Crippen molar-refractivity contribution in [2.24, 2.45) is 0 Å². The Morgan fingerprint density at radius 3 is 2.26 bits per heavy atom. The average molecular weight is 548 g/mol. The summed E-state index contributed by atoms with van der Waals surface area (Å²) in [5.74, 6) is -6.17. The smallest absolute Gasteiger partial charge is 0.379 e. The van der Waals surface area contributed by atoms with Crippen LogP contribution in [-0.4, -0.2) is 60.2 Å². The highest BCUT2D eigenvalue weighted by Crippen LogP contribution is 2.53. The Kier molecular flexibility index (Phi) is 8.71. The van der Waals surface area contributed by atoms with Gasteiger partial charge in [0.05, 0.1) is 19.3 Å². The first kappa shape index (κ1) is 27.0. The van der Waals surface area contributed by atoms with Crippen LogP contribution in [0.2, 0.25) is 0 Å². The zero-order chi connectivity index (χ0) is 25.0. The van der Waals surface area contributed by atoms with E-state index >= 15 is 0 Å². The molecule has 2 heterocycles. The van der Waals surface area contributed by atoms with E-state index in [1.165, 1.54) is 12.1 Å². The molecule has 1 saturated heterocycles. The number of benzene rings is 1. The minimum absolute atomic E-state index is 0.0555. The van der Waals surface area contributed by atoms with Gasteiger partial charge in [0.2, 0.25) is 0 Å². The largest absolute Gasteiger partial charge is 0.460 e. The van der Waals surface area contributed by atoms with Crippen molar-refractivity contribution < 1.29 is 35.5 Å². The van der Waals surface area contributed by atoms with Crippen molar-refractivity contribution in [3.05, 3.63) is 46.7 Å². The number of rotatable bonds is 8. The van der Waals surface area contributed by atoms with Gasteiger partial charge < -0.3 is 15.4 Å². The lowest BCUT2D eigenvalue weighted by Crippen LogP contribution is -2.49. The highest BCUT2D eigenvalue weighted by Gasteiger charge is 2.73. The van der Waals surface area contributed by atoms with Crippen LogP contribution in [0.1, 0.15) is 10.9 Å². The quantitative estimate of drug-likeness (QED) is 0.240. The highest BCUT2D eigenvalue weighted by atomic mass is 32.2. The Morgan fingerprint density at radius 2 is 1.71 bits per heavy atom. The van der Waals surface area contributed by atoms with Gasteiger partial charge in [0.15, 0.2) is 5.11 Å². The second-order valence-corrected chi connectivity index (χ2v) is 9.81. The molecule has 3 rings (SSSR count). The summed E-state index contributed by atoms with van der Waals surface area (Å²) in [6.45, 7) is 3.27. The monoisotopic (exact) mass is 547 g/mol. The molecule has 2 aromatic rings. The summed E-state index contributed by atoms with van der Waals surface area (Å²) in [5.41, 5.74) is 0.354. The summed E-state index contributed by atoms with van der Waals surface area (Å²) in [6.07, 6.45) is -6.37. The Bertz CT molecular complexity index is 934. The molecule has 1 aromatic carbocycles. The first-order chi connectivity index (χ1) is 15.9. The van der Waals surface area contributed by atoms with Crippen LogP contribution >= 0.6 is 35.3 Å². The lowest BCUT2D eigenvalue weighted by atomic mass is 10.2. The third kappa shape index (κ3) is 6.53. The first-order valence-electron chi connectivity index (χ1n) is 9.92. The van der Waals surface area contributed by atoms with Crippen molar-refractivity contribution in [2.75, 3.05) is 38.2 Å². The maximum atomic E-state index is 13.6. The average Bonchev–Trinajstić information content (AvgIpc) is 3.29. The van der Waals surface area contributed by atoms with E-state index in [2.05, 4.69) is 15.5 Å². The fourth-order valence-corrected chi connectivity index (χ4v) is 5.00. The molecule has 1 fully saturated rings. The number of anilines is 1. The summed E-state index contributed by atoms with van der Waals surface area (Å²) in [6, 6.07) is 8.58. The van der Waals surface area contributed by atoms with E-state index in [0.717, 1.165) is 30.1 Å². The predicted molar refractivity (Wildman–Crippen MR) is 122 cm³/mol. The molecule has 188 valence electrons. The van der Waals surface area contributed by atoms with E-state index in [1.54, 1.807) is 11.3 Å². The van der Waals surface area contributed by atoms with Crippen molar-refractivity contribution in [1.82, 2.24) is 10.2 Å². The van der Waals surface area contributed by atoms with Gasteiger partial charge in [-0.3, -0.25) is 4.90 Å². The number of thiophene rings is 1. The summed E-state index contributed by atoms with van der Waals surface area (Å²) in [5, 5.41) is 2.80. The third-order valence-corrected chi connectivity index (χ3v) is 7.13. The molecule has 0 amide bonds.